The Morgan fingerprint density at radius 1 is 0.674 bits per heavy atom. The van der Waals surface area contributed by atoms with Crippen molar-refractivity contribution in [2.24, 2.45) is 5.73 Å². The summed E-state index contributed by atoms with van der Waals surface area (Å²) in [5.74, 6) is -1.98. The first kappa shape index (κ1) is 32.0. The minimum absolute atomic E-state index is 0.0911. The maximum atomic E-state index is 13.5. The molecule has 0 spiro atoms. The van der Waals surface area contributed by atoms with E-state index in [0.29, 0.717) is 0 Å². The van der Waals surface area contributed by atoms with Crippen LogP contribution in [0.25, 0.3) is 11.1 Å². The lowest BCUT2D eigenvalue weighted by atomic mass is 9.98. The van der Waals surface area contributed by atoms with Crippen molar-refractivity contribution in [3.63, 3.8) is 0 Å². The number of carbonyl (C=O) groups is 4. The van der Waals surface area contributed by atoms with E-state index in [-0.39, 0.29) is 25.4 Å². The summed E-state index contributed by atoms with van der Waals surface area (Å²) in [6.45, 7) is 3.55. The van der Waals surface area contributed by atoms with Gasteiger partial charge >= 0.3 is 6.09 Å². The summed E-state index contributed by atoms with van der Waals surface area (Å²) < 4.78 is 5.69. The van der Waals surface area contributed by atoms with Gasteiger partial charge in [0.1, 0.15) is 24.7 Å². The highest BCUT2D eigenvalue weighted by molar-refractivity contribution is 5.93. The molecule has 0 aromatic heterocycles. The molecule has 0 aliphatic heterocycles. The highest BCUT2D eigenvalue weighted by Gasteiger charge is 2.31. The van der Waals surface area contributed by atoms with Crippen molar-refractivity contribution in [1.82, 2.24) is 16.0 Å². The Morgan fingerprint density at radius 2 is 1.22 bits per heavy atom. The first-order valence-corrected chi connectivity index (χ1v) is 15.3. The van der Waals surface area contributed by atoms with Crippen LogP contribution in [0.15, 0.2) is 103 Å². The van der Waals surface area contributed by atoms with Crippen LogP contribution in [-0.4, -0.2) is 48.5 Å². The van der Waals surface area contributed by atoms with E-state index < -0.39 is 41.9 Å². The van der Waals surface area contributed by atoms with Crippen LogP contribution in [0.3, 0.4) is 0 Å². The Morgan fingerprint density at radius 3 is 1.83 bits per heavy atom. The van der Waals surface area contributed by atoms with Gasteiger partial charge in [0.15, 0.2) is 0 Å². The molecule has 4 aromatic rings. The third-order valence-electron chi connectivity index (χ3n) is 8.21. The predicted molar refractivity (Wildman–Crippen MR) is 176 cm³/mol. The number of nitrogens with one attached hydrogen (secondary N) is 3. The van der Waals surface area contributed by atoms with Gasteiger partial charge < -0.3 is 26.4 Å². The number of rotatable bonds is 12. The maximum absolute atomic E-state index is 13.5. The van der Waals surface area contributed by atoms with Gasteiger partial charge in [-0.15, -0.1) is 0 Å². The quantitative estimate of drug-likeness (QED) is 0.189. The van der Waals surface area contributed by atoms with Gasteiger partial charge in [0.2, 0.25) is 17.7 Å². The van der Waals surface area contributed by atoms with Crippen molar-refractivity contribution >= 4 is 23.8 Å². The SMILES string of the molecule is Cc1ccc(CC(NC(=O)[C@H](C)NC(=O)[C@H](Cc2ccccc2)NC(=O)OCC2c3ccccc3-c3ccccc32)C(N)=O)cc1. The van der Waals surface area contributed by atoms with Crippen molar-refractivity contribution in [2.45, 2.75) is 50.7 Å². The van der Waals surface area contributed by atoms with Crippen LogP contribution < -0.4 is 21.7 Å². The third-order valence-corrected chi connectivity index (χ3v) is 8.21. The van der Waals surface area contributed by atoms with Crippen LogP contribution in [0, 0.1) is 6.92 Å². The molecule has 3 atom stereocenters. The summed E-state index contributed by atoms with van der Waals surface area (Å²) in [6, 6.07) is 29.8. The molecule has 46 heavy (non-hydrogen) atoms. The molecule has 0 heterocycles. The van der Waals surface area contributed by atoms with Crippen LogP contribution in [0.2, 0.25) is 0 Å². The standard InChI is InChI=1S/C37H38N4O5/c1-23-16-18-26(19-17-23)20-32(34(38)42)40-35(43)24(2)39-36(44)33(21-25-10-4-3-5-11-25)41-37(45)46-22-31-29-14-8-6-12-27(29)28-13-7-9-15-30(28)31/h3-19,24,31-33H,20-22H2,1-2H3,(H2,38,42)(H,39,44)(H,40,43)(H,41,45)/t24-,32?,33-/m0/s1. The highest BCUT2D eigenvalue weighted by Crippen LogP contribution is 2.44. The van der Waals surface area contributed by atoms with E-state index in [4.69, 9.17) is 10.5 Å². The molecular formula is C37H38N4O5. The molecule has 1 aliphatic carbocycles. The molecule has 4 amide bonds. The van der Waals surface area contributed by atoms with Crippen molar-refractivity contribution in [2.75, 3.05) is 6.61 Å². The van der Waals surface area contributed by atoms with E-state index >= 15 is 0 Å². The van der Waals surface area contributed by atoms with Crippen molar-refractivity contribution in [1.29, 1.82) is 0 Å². The van der Waals surface area contributed by atoms with Gasteiger partial charge in [-0.05, 0) is 47.2 Å². The minimum Gasteiger partial charge on any atom is -0.449 e. The fourth-order valence-electron chi connectivity index (χ4n) is 5.70. The average molecular weight is 619 g/mol. The molecule has 1 aliphatic rings. The number of primary amides is 1. The molecular weight excluding hydrogens is 580 g/mol. The van der Waals surface area contributed by atoms with Crippen LogP contribution in [-0.2, 0) is 32.0 Å². The van der Waals surface area contributed by atoms with Crippen LogP contribution in [0.1, 0.15) is 40.7 Å². The molecule has 1 unspecified atom stereocenters. The zero-order valence-corrected chi connectivity index (χ0v) is 25.9. The number of benzene rings is 4. The predicted octanol–water partition coefficient (Wildman–Crippen LogP) is 4.16. The van der Waals surface area contributed by atoms with Gasteiger partial charge in [-0.3, -0.25) is 14.4 Å². The van der Waals surface area contributed by atoms with Gasteiger partial charge in [-0.2, -0.15) is 0 Å². The molecule has 9 heteroatoms. The first-order chi connectivity index (χ1) is 22.2. The van der Waals surface area contributed by atoms with Gasteiger partial charge in [0.25, 0.3) is 0 Å². The second kappa shape index (κ2) is 14.6. The average Bonchev–Trinajstić information content (AvgIpc) is 3.38. The number of hydrogen-bond acceptors (Lipinski definition) is 5. The Hall–Kier alpha value is -5.44. The number of fused-ring (bicyclic) bond motifs is 3. The van der Waals surface area contributed by atoms with Gasteiger partial charge in [-0.25, -0.2) is 4.79 Å². The minimum atomic E-state index is -1.03. The molecule has 0 bridgehead atoms. The van der Waals surface area contributed by atoms with E-state index in [1.165, 1.54) is 6.92 Å². The Balaban J connectivity index is 1.23. The molecule has 236 valence electrons. The van der Waals surface area contributed by atoms with Crippen molar-refractivity contribution < 1.29 is 23.9 Å². The lowest BCUT2D eigenvalue weighted by Crippen LogP contribution is -2.56. The topological polar surface area (TPSA) is 140 Å². The molecule has 0 saturated carbocycles. The maximum Gasteiger partial charge on any atom is 0.407 e. The van der Waals surface area contributed by atoms with E-state index in [9.17, 15) is 19.2 Å². The normalized spacial score (nSPS) is 13.8. The zero-order chi connectivity index (χ0) is 32.6. The molecule has 9 nitrogen and oxygen atoms in total. The summed E-state index contributed by atoms with van der Waals surface area (Å²) in [4.78, 5) is 51.8. The Bertz CT molecular complexity index is 1660. The van der Waals surface area contributed by atoms with Gasteiger partial charge in [0.05, 0.1) is 0 Å². The molecule has 0 radical (unpaired) electrons. The number of amides is 4. The Labute approximate surface area is 268 Å². The second-order valence-corrected chi connectivity index (χ2v) is 11.6. The smallest absolute Gasteiger partial charge is 0.407 e. The fraction of sp³-hybridized carbons (Fsp3) is 0.243. The van der Waals surface area contributed by atoms with Crippen LogP contribution in [0.4, 0.5) is 4.79 Å². The van der Waals surface area contributed by atoms with E-state index in [0.717, 1.165) is 38.9 Å². The first-order valence-electron chi connectivity index (χ1n) is 15.3. The van der Waals surface area contributed by atoms with Crippen molar-refractivity contribution in [3.8, 4) is 11.1 Å². The third kappa shape index (κ3) is 7.79. The summed E-state index contributed by atoms with van der Waals surface area (Å²) in [6.07, 6.45) is -0.369. The van der Waals surface area contributed by atoms with Gasteiger partial charge in [0, 0.05) is 18.8 Å². The largest absolute Gasteiger partial charge is 0.449 e. The number of alkyl carbamates (subject to hydrolysis) is 1. The summed E-state index contributed by atoms with van der Waals surface area (Å²) >= 11 is 0. The van der Waals surface area contributed by atoms with E-state index in [1.54, 1.807) is 0 Å². The van der Waals surface area contributed by atoms with Crippen molar-refractivity contribution in [3.05, 3.63) is 131 Å². The highest BCUT2D eigenvalue weighted by atomic mass is 16.5. The second-order valence-electron chi connectivity index (χ2n) is 11.6. The van der Waals surface area contributed by atoms with E-state index in [1.807, 2.05) is 97.9 Å². The summed E-state index contributed by atoms with van der Waals surface area (Å²) in [5.41, 5.74) is 12.7. The summed E-state index contributed by atoms with van der Waals surface area (Å²) in [7, 11) is 0. The monoisotopic (exact) mass is 618 g/mol. The number of carbonyl (C=O) groups excluding carboxylic acids is 4. The molecule has 5 N–H and O–H groups in total. The molecule has 4 aromatic carbocycles. The molecule has 0 fully saturated rings. The Kier molecular flexibility index (Phi) is 10.1. The van der Waals surface area contributed by atoms with Crippen LogP contribution >= 0.6 is 0 Å². The van der Waals surface area contributed by atoms with E-state index in [2.05, 4.69) is 28.1 Å². The summed E-state index contributed by atoms with van der Waals surface area (Å²) in [5, 5.41) is 8.01. The molecule has 0 saturated heterocycles. The number of nitrogens with two attached hydrogens (primary N) is 1. The van der Waals surface area contributed by atoms with Crippen LogP contribution in [0.5, 0.6) is 0 Å². The number of hydrogen-bond donors (Lipinski definition) is 4. The van der Waals surface area contributed by atoms with Gasteiger partial charge in [-0.1, -0.05) is 109 Å². The zero-order valence-electron chi connectivity index (χ0n) is 25.9. The lowest BCUT2D eigenvalue weighted by molar-refractivity contribution is -0.131. The molecule has 5 rings (SSSR count). The fourth-order valence-corrected chi connectivity index (χ4v) is 5.70. The number of ether oxygens (including phenoxy) is 1. The lowest BCUT2D eigenvalue weighted by Gasteiger charge is -2.23. The number of aryl methyl sites for hydroxylation is 1.